The van der Waals surface area contributed by atoms with Crippen LogP contribution >= 0.6 is 0 Å². The number of hydrogen-bond acceptors (Lipinski definition) is 28. The molecule has 17 N–H and O–H groups in total. The molecule has 0 aromatic carbocycles. The van der Waals surface area contributed by atoms with E-state index >= 15 is 4.79 Å². The molecule has 85 heavy (non-hydrogen) atoms. The van der Waals surface area contributed by atoms with E-state index < -0.39 is 238 Å². The van der Waals surface area contributed by atoms with Crippen molar-refractivity contribution in [1.82, 2.24) is 0 Å². The van der Waals surface area contributed by atoms with Crippen LogP contribution in [0.4, 0.5) is 0 Å². The minimum atomic E-state index is -2.08. The maximum atomic E-state index is 15.4. The molecule has 0 amide bonds. The highest BCUT2D eigenvalue weighted by molar-refractivity contribution is 5.80. The first kappa shape index (κ1) is 66.1. The van der Waals surface area contributed by atoms with E-state index in [0.717, 1.165) is 5.57 Å². The number of fused-ring (bicyclic) bond motifs is 7. The summed E-state index contributed by atoms with van der Waals surface area (Å²) in [7, 11) is 0. The number of carbonyl (C=O) groups excluding carboxylic acids is 1. The van der Waals surface area contributed by atoms with Crippen molar-refractivity contribution in [2.75, 3.05) is 46.2 Å². The Bertz CT molecular complexity index is 2380. The maximum absolute atomic E-state index is 15.4. The van der Waals surface area contributed by atoms with Crippen LogP contribution in [0.15, 0.2) is 11.6 Å². The Morgan fingerprint density at radius 3 is 1.89 bits per heavy atom. The Morgan fingerprint density at radius 2 is 1.24 bits per heavy atom. The molecule has 0 bridgehead atoms. The summed E-state index contributed by atoms with van der Waals surface area (Å²) >= 11 is 0. The van der Waals surface area contributed by atoms with Crippen molar-refractivity contribution in [3.05, 3.63) is 11.6 Å². The van der Waals surface area contributed by atoms with Gasteiger partial charge in [-0.2, -0.15) is 0 Å². The number of allylic oxidation sites excluding steroid dienone is 2. The van der Waals surface area contributed by atoms with Crippen molar-refractivity contribution in [2.24, 2.45) is 50.2 Å². The van der Waals surface area contributed by atoms with E-state index in [-0.39, 0.29) is 30.6 Å². The van der Waals surface area contributed by atoms with Gasteiger partial charge in [-0.15, -0.1) is 0 Å². The summed E-state index contributed by atoms with van der Waals surface area (Å²) in [5.41, 5.74) is -6.87. The molecule has 31 atom stereocenters. The third kappa shape index (κ3) is 10.6. The SMILES string of the molecule is C[C@@H]1O[C@@H](O[C@H]2[C@H](OC(=O)[C@]34CCC(C)(C)C[C@H]3C3=CCC5[C@@]6(C)C[C@H](O)[C@H](O[C@@H]7O[C@H](CO)[C@@H](O)[C@H](O)[C@H]7O)C(CO)(CO)[C@@H]6CC[C@@]5(C)[C@@]3(C)C[C@H]4O)OC[C@H](O)[C@@H]2O)[C@H](O)[C@H](O)[C@H]1O[C@@H]1OC[C@@H](O)[C@H](O[C@@H]2OC[C@](O)(CO)[C@H]2O)[C@H]1O. The molecule has 9 fully saturated rings. The second-order valence-corrected chi connectivity index (χ2v) is 27.9. The van der Waals surface area contributed by atoms with Crippen LogP contribution in [0.2, 0.25) is 0 Å². The van der Waals surface area contributed by atoms with Crippen molar-refractivity contribution >= 4 is 5.97 Å². The Labute approximate surface area is 491 Å². The lowest BCUT2D eigenvalue weighted by atomic mass is 9.33. The largest absolute Gasteiger partial charge is 0.432 e. The molecule has 28 heteroatoms. The number of aliphatic hydroxyl groups is 17. The van der Waals surface area contributed by atoms with Crippen molar-refractivity contribution < 1.29 is 139 Å². The smallest absolute Gasteiger partial charge is 0.317 e. The van der Waals surface area contributed by atoms with Crippen molar-refractivity contribution in [3.8, 4) is 0 Å². The molecule has 5 aliphatic heterocycles. The molecular formula is C57H92O28. The molecule has 5 aliphatic carbocycles. The first-order valence-electron chi connectivity index (χ1n) is 29.9. The second-order valence-electron chi connectivity index (χ2n) is 27.9. The zero-order valence-electron chi connectivity index (χ0n) is 48.8. The lowest BCUT2D eigenvalue weighted by Crippen LogP contribution is -2.71. The van der Waals surface area contributed by atoms with Gasteiger partial charge < -0.3 is 134 Å². The highest BCUT2D eigenvalue weighted by Crippen LogP contribution is 2.76. The van der Waals surface area contributed by atoms with Gasteiger partial charge in [0, 0.05) is 5.41 Å². The molecule has 10 aliphatic rings. The topological polar surface area (TPSA) is 453 Å². The third-order valence-corrected chi connectivity index (χ3v) is 22.6. The van der Waals surface area contributed by atoms with E-state index in [2.05, 4.69) is 33.8 Å². The predicted octanol–water partition coefficient (Wildman–Crippen LogP) is -5.38. The molecule has 4 saturated carbocycles. The van der Waals surface area contributed by atoms with Crippen LogP contribution in [0.25, 0.3) is 0 Å². The van der Waals surface area contributed by atoms with Crippen LogP contribution in [0.3, 0.4) is 0 Å². The maximum Gasteiger partial charge on any atom is 0.317 e. The highest BCUT2D eigenvalue weighted by atomic mass is 16.8. The molecule has 0 spiro atoms. The van der Waals surface area contributed by atoms with Crippen LogP contribution in [-0.2, 0) is 52.2 Å². The summed E-state index contributed by atoms with van der Waals surface area (Å²) in [6.45, 7) is 7.41. The fourth-order valence-electron chi connectivity index (χ4n) is 17.4. The lowest BCUT2D eigenvalue weighted by Gasteiger charge is -2.72. The average molecular weight is 1230 g/mol. The normalized spacial score (nSPS) is 54.0. The fourth-order valence-corrected chi connectivity index (χ4v) is 17.4. The summed E-state index contributed by atoms with van der Waals surface area (Å²) < 4.78 is 58.5. The van der Waals surface area contributed by atoms with Crippen LogP contribution in [0, 0.1) is 50.2 Å². The average Bonchev–Trinajstić information content (AvgIpc) is 0.951. The summed E-state index contributed by atoms with van der Waals surface area (Å²) in [6.07, 6.45) is -32.8. The molecule has 0 aromatic rings. The van der Waals surface area contributed by atoms with Crippen LogP contribution < -0.4 is 0 Å². The molecule has 0 aromatic heterocycles. The van der Waals surface area contributed by atoms with Crippen LogP contribution in [-0.4, -0.2) is 286 Å². The van der Waals surface area contributed by atoms with Gasteiger partial charge in [-0.25, -0.2) is 0 Å². The molecule has 1 unspecified atom stereocenters. The predicted molar refractivity (Wildman–Crippen MR) is 282 cm³/mol. The Hall–Kier alpha value is -1.83. The second kappa shape index (κ2) is 24.0. The van der Waals surface area contributed by atoms with E-state index in [1.54, 1.807) is 0 Å². The van der Waals surface area contributed by atoms with Gasteiger partial charge in [0.15, 0.2) is 31.3 Å². The zero-order chi connectivity index (χ0) is 62.1. The van der Waals surface area contributed by atoms with Gasteiger partial charge in [0.2, 0.25) is 6.29 Å². The van der Waals surface area contributed by atoms with Crippen LogP contribution in [0.1, 0.15) is 92.9 Å². The molecule has 10 rings (SSSR count). The molecular weight excluding hydrogens is 1130 g/mol. The van der Waals surface area contributed by atoms with Gasteiger partial charge in [0.05, 0.1) is 70.7 Å². The number of ether oxygens (including phenoxy) is 10. The van der Waals surface area contributed by atoms with E-state index in [0.29, 0.717) is 32.1 Å². The van der Waals surface area contributed by atoms with E-state index in [1.807, 2.05) is 6.92 Å². The van der Waals surface area contributed by atoms with Crippen molar-refractivity contribution in [2.45, 2.75) is 240 Å². The summed E-state index contributed by atoms with van der Waals surface area (Å²) in [4.78, 5) is 15.4. The standard InChI is InChI=1S/C57H92O28/c1-23-40(81-45-39(72)41(28(64)18-76-45)82-49-43(73)56(75,21-61)22-78-49)36(69)38(71)46(79-23)83-42-33(66)27(63)17-77-48(42)85-50(74)57-12-11-51(2,3)13-25(57)24-7-8-30-52(4)14-26(62)44(84-47-37(70)35(68)34(67)29(16-58)80-47)55(19-59,20-60)31(52)9-10-53(30,5)54(24,6)15-32(57)65/h7,23,25-49,58-73,75H,8-22H2,1-6H3/t23-,25-,26-,27-,28+,29+,30?,31+,32+,33-,34+,35-,36-,37+,38+,39+,40-,41-,42+,43-,44-,45-,46-,47-,48-,49-,52+,53+,54-,56+,57+/m0/s1. The minimum Gasteiger partial charge on any atom is -0.432 e. The van der Waals surface area contributed by atoms with E-state index in [1.165, 1.54) is 6.92 Å². The fraction of sp³-hybridized carbons (Fsp3) is 0.947. The number of esters is 1. The molecule has 5 heterocycles. The first-order chi connectivity index (χ1) is 39.9. The third-order valence-electron chi connectivity index (χ3n) is 22.6. The number of carbonyl (C=O) groups is 1. The quantitative estimate of drug-likeness (QED) is 0.0439. The van der Waals surface area contributed by atoms with Crippen molar-refractivity contribution in [1.29, 1.82) is 0 Å². The molecule has 488 valence electrons. The van der Waals surface area contributed by atoms with Gasteiger partial charge in [-0.1, -0.05) is 46.3 Å². The number of rotatable bonds is 14. The summed E-state index contributed by atoms with van der Waals surface area (Å²) in [6, 6.07) is 0. The molecule has 28 nitrogen and oxygen atoms in total. The van der Waals surface area contributed by atoms with Gasteiger partial charge in [-0.3, -0.25) is 4.79 Å². The molecule has 5 saturated heterocycles. The van der Waals surface area contributed by atoms with Gasteiger partial charge >= 0.3 is 5.97 Å². The lowest BCUT2D eigenvalue weighted by molar-refractivity contribution is -0.372. The zero-order valence-corrected chi connectivity index (χ0v) is 48.8. The van der Waals surface area contributed by atoms with Gasteiger partial charge in [0.25, 0.3) is 0 Å². The van der Waals surface area contributed by atoms with E-state index in [9.17, 15) is 86.8 Å². The number of hydrogen-bond donors (Lipinski definition) is 17. The van der Waals surface area contributed by atoms with Crippen LogP contribution in [0.5, 0.6) is 0 Å². The molecule has 0 radical (unpaired) electrons. The highest BCUT2D eigenvalue weighted by Gasteiger charge is 2.74. The summed E-state index contributed by atoms with van der Waals surface area (Å²) in [5.74, 6) is -2.25. The first-order valence-corrected chi connectivity index (χ1v) is 29.9. The Kier molecular flexibility index (Phi) is 18.7. The Morgan fingerprint density at radius 1 is 0.600 bits per heavy atom. The minimum absolute atomic E-state index is 0.0767. The van der Waals surface area contributed by atoms with Gasteiger partial charge in [0.1, 0.15) is 90.4 Å². The van der Waals surface area contributed by atoms with E-state index in [4.69, 9.17) is 47.4 Å². The monoisotopic (exact) mass is 1220 g/mol. The van der Waals surface area contributed by atoms with Crippen molar-refractivity contribution in [3.63, 3.8) is 0 Å². The Balaban J connectivity index is 0.864. The summed E-state index contributed by atoms with van der Waals surface area (Å²) in [5, 5.41) is 188. The van der Waals surface area contributed by atoms with Gasteiger partial charge in [-0.05, 0) is 97.7 Å². The number of aliphatic hydroxyl groups excluding tert-OH is 16.